The molecule has 0 fully saturated rings. The number of hydrogen-bond donors (Lipinski definition) is 1. The summed E-state index contributed by atoms with van der Waals surface area (Å²) in [4.78, 5) is 0. The predicted molar refractivity (Wildman–Crippen MR) is 75.3 cm³/mol. The Morgan fingerprint density at radius 1 is 1.15 bits per heavy atom. The van der Waals surface area contributed by atoms with Crippen LogP contribution in [0.4, 0.5) is 10.1 Å². The first-order chi connectivity index (χ1) is 9.75. The van der Waals surface area contributed by atoms with Crippen molar-refractivity contribution in [1.29, 1.82) is 0 Å². The lowest BCUT2D eigenvalue weighted by molar-refractivity contribution is 0.596. The van der Waals surface area contributed by atoms with Crippen LogP contribution in [0.5, 0.6) is 0 Å². The maximum atomic E-state index is 14.7. The summed E-state index contributed by atoms with van der Waals surface area (Å²) in [6.07, 6.45) is 2.56. The molecule has 5 heteroatoms. The number of aromatic nitrogens is 3. The predicted octanol–water partition coefficient (Wildman–Crippen LogP) is 2.63. The molecule has 0 amide bonds. The fourth-order valence-corrected chi connectivity index (χ4v) is 2.96. The molecule has 0 spiro atoms. The van der Waals surface area contributed by atoms with Crippen LogP contribution in [0.2, 0.25) is 0 Å². The SMILES string of the molecule is Nc1cc(-n2nnc3ccccc32)c(F)c2c1CCC2. The zero-order valence-corrected chi connectivity index (χ0v) is 10.8. The van der Waals surface area contributed by atoms with E-state index in [-0.39, 0.29) is 5.82 Å². The van der Waals surface area contributed by atoms with Crippen LogP contribution in [0.15, 0.2) is 30.3 Å². The summed E-state index contributed by atoms with van der Waals surface area (Å²) in [5.74, 6) is -0.220. The summed E-state index contributed by atoms with van der Waals surface area (Å²) in [6.45, 7) is 0. The Bertz CT molecular complexity index is 822. The number of nitrogen functional groups attached to an aromatic ring is 1. The molecule has 0 saturated heterocycles. The Morgan fingerprint density at radius 3 is 2.85 bits per heavy atom. The van der Waals surface area contributed by atoms with Crippen LogP contribution in [0, 0.1) is 5.82 Å². The van der Waals surface area contributed by atoms with Crippen LogP contribution < -0.4 is 5.73 Å². The number of nitrogens with zero attached hydrogens (tertiary/aromatic N) is 3. The third kappa shape index (κ3) is 1.46. The zero-order chi connectivity index (χ0) is 13.7. The van der Waals surface area contributed by atoms with E-state index in [1.165, 1.54) is 4.68 Å². The lowest BCUT2D eigenvalue weighted by atomic mass is 10.1. The topological polar surface area (TPSA) is 56.7 Å². The third-order valence-electron chi connectivity index (χ3n) is 3.93. The molecule has 3 aromatic rings. The first-order valence-electron chi connectivity index (χ1n) is 6.66. The van der Waals surface area contributed by atoms with E-state index in [1.54, 1.807) is 6.07 Å². The van der Waals surface area contributed by atoms with Crippen molar-refractivity contribution in [1.82, 2.24) is 15.0 Å². The molecule has 0 bridgehead atoms. The second-order valence-corrected chi connectivity index (χ2v) is 5.10. The average molecular weight is 268 g/mol. The van der Waals surface area contributed by atoms with Gasteiger partial charge in [0.15, 0.2) is 5.82 Å². The van der Waals surface area contributed by atoms with Gasteiger partial charge in [0.25, 0.3) is 0 Å². The first kappa shape index (κ1) is 11.4. The van der Waals surface area contributed by atoms with Crippen molar-refractivity contribution in [2.24, 2.45) is 0 Å². The van der Waals surface area contributed by atoms with Crippen molar-refractivity contribution in [3.8, 4) is 5.69 Å². The van der Waals surface area contributed by atoms with E-state index in [9.17, 15) is 4.39 Å². The summed E-state index contributed by atoms with van der Waals surface area (Å²) in [5.41, 5.74) is 10.3. The Hall–Kier alpha value is -2.43. The fraction of sp³-hybridized carbons (Fsp3) is 0.200. The molecule has 2 aromatic carbocycles. The molecule has 1 aliphatic carbocycles. The number of halogens is 1. The van der Waals surface area contributed by atoms with Gasteiger partial charge >= 0.3 is 0 Å². The van der Waals surface area contributed by atoms with Crippen molar-refractivity contribution in [2.45, 2.75) is 19.3 Å². The third-order valence-corrected chi connectivity index (χ3v) is 3.93. The molecular weight excluding hydrogens is 255 g/mol. The Kier molecular flexibility index (Phi) is 2.30. The number of anilines is 1. The van der Waals surface area contributed by atoms with Crippen molar-refractivity contribution < 1.29 is 4.39 Å². The van der Waals surface area contributed by atoms with E-state index < -0.39 is 0 Å². The van der Waals surface area contributed by atoms with Crippen molar-refractivity contribution >= 4 is 16.7 Å². The molecule has 0 radical (unpaired) electrons. The summed E-state index contributed by atoms with van der Waals surface area (Å²) in [5, 5.41) is 8.13. The molecule has 20 heavy (non-hydrogen) atoms. The highest BCUT2D eigenvalue weighted by Crippen LogP contribution is 2.33. The molecule has 1 heterocycles. The molecule has 4 rings (SSSR count). The first-order valence-corrected chi connectivity index (χ1v) is 6.66. The summed E-state index contributed by atoms with van der Waals surface area (Å²) < 4.78 is 16.2. The number of para-hydroxylation sites is 1. The highest BCUT2D eigenvalue weighted by molar-refractivity contribution is 5.76. The van der Waals surface area contributed by atoms with E-state index in [1.807, 2.05) is 24.3 Å². The van der Waals surface area contributed by atoms with Crippen LogP contribution in [0.1, 0.15) is 17.5 Å². The van der Waals surface area contributed by atoms with E-state index >= 15 is 0 Å². The normalized spacial score (nSPS) is 13.8. The summed E-state index contributed by atoms with van der Waals surface area (Å²) in [6, 6.07) is 9.16. The highest BCUT2D eigenvalue weighted by atomic mass is 19.1. The van der Waals surface area contributed by atoms with Gasteiger partial charge in [-0.25, -0.2) is 9.07 Å². The van der Waals surface area contributed by atoms with E-state index in [0.717, 1.165) is 41.4 Å². The van der Waals surface area contributed by atoms with Gasteiger partial charge in [-0.1, -0.05) is 17.3 Å². The molecule has 4 nitrogen and oxygen atoms in total. The summed E-state index contributed by atoms with van der Waals surface area (Å²) in [7, 11) is 0. The second kappa shape index (κ2) is 4.03. The molecule has 0 unspecified atom stereocenters. The fourth-order valence-electron chi connectivity index (χ4n) is 2.96. The average Bonchev–Trinajstić information content (AvgIpc) is 3.09. The monoisotopic (exact) mass is 268 g/mol. The van der Waals surface area contributed by atoms with Gasteiger partial charge < -0.3 is 5.73 Å². The summed E-state index contributed by atoms with van der Waals surface area (Å²) >= 11 is 0. The van der Waals surface area contributed by atoms with Crippen LogP contribution >= 0.6 is 0 Å². The van der Waals surface area contributed by atoms with Gasteiger partial charge in [-0.15, -0.1) is 5.10 Å². The number of nitrogens with two attached hydrogens (primary N) is 1. The molecule has 2 N–H and O–H groups in total. The van der Waals surface area contributed by atoms with Gasteiger partial charge in [0.1, 0.15) is 11.2 Å². The Balaban J connectivity index is 2.02. The second-order valence-electron chi connectivity index (χ2n) is 5.10. The van der Waals surface area contributed by atoms with Gasteiger partial charge in [-0.05, 0) is 48.6 Å². The van der Waals surface area contributed by atoms with Crippen LogP contribution in [0.25, 0.3) is 16.7 Å². The number of benzene rings is 2. The molecule has 0 saturated carbocycles. The van der Waals surface area contributed by atoms with Crippen LogP contribution in [0.3, 0.4) is 0 Å². The lowest BCUT2D eigenvalue weighted by Gasteiger charge is -2.11. The Labute approximate surface area is 115 Å². The van der Waals surface area contributed by atoms with Crippen LogP contribution in [-0.2, 0) is 12.8 Å². The minimum Gasteiger partial charge on any atom is -0.398 e. The molecule has 0 atom stereocenters. The largest absolute Gasteiger partial charge is 0.398 e. The van der Waals surface area contributed by atoms with E-state index in [2.05, 4.69) is 10.3 Å². The molecule has 1 aromatic heterocycles. The minimum atomic E-state index is -0.220. The maximum absolute atomic E-state index is 14.7. The van der Waals surface area contributed by atoms with Gasteiger partial charge in [0, 0.05) is 5.69 Å². The number of hydrogen-bond acceptors (Lipinski definition) is 3. The standard InChI is InChI=1S/C15H13FN4/c16-15-10-5-3-4-9(10)11(17)8-14(15)20-13-7-2-1-6-12(13)18-19-20/h1-2,6-8H,3-5,17H2. The molecular formula is C15H13FN4. The molecule has 0 aliphatic heterocycles. The van der Waals surface area contributed by atoms with Crippen molar-refractivity contribution in [2.75, 3.05) is 5.73 Å². The molecule has 1 aliphatic rings. The van der Waals surface area contributed by atoms with Gasteiger partial charge in [0.2, 0.25) is 0 Å². The van der Waals surface area contributed by atoms with Crippen LogP contribution in [-0.4, -0.2) is 15.0 Å². The van der Waals surface area contributed by atoms with Gasteiger partial charge in [0.05, 0.1) is 5.52 Å². The van der Waals surface area contributed by atoms with Gasteiger partial charge in [-0.2, -0.15) is 0 Å². The van der Waals surface area contributed by atoms with E-state index in [0.29, 0.717) is 11.4 Å². The van der Waals surface area contributed by atoms with Crippen molar-refractivity contribution in [3.05, 3.63) is 47.3 Å². The van der Waals surface area contributed by atoms with E-state index in [4.69, 9.17) is 5.73 Å². The zero-order valence-electron chi connectivity index (χ0n) is 10.8. The minimum absolute atomic E-state index is 0.220. The van der Waals surface area contributed by atoms with Crippen molar-refractivity contribution in [3.63, 3.8) is 0 Å². The van der Waals surface area contributed by atoms with Gasteiger partial charge in [-0.3, -0.25) is 0 Å². The smallest absolute Gasteiger partial charge is 0.152 e. The highest BCUT2D eigenvalue weighted by Gasteiger charge is 2.23. The Morgan fingerprint density at radius 2 is 1.95 bits per heavy atom. The number of rotatable bonds is 1. The maximum Gasteiger partial charge on any atom is 0.152 e. The molecule has 100 valence electrons. The quantitative estimate of drug-likeness (QED) is 0.690. The number of fused-ring (bicyclic) bond motifs is 2. The lowest BCUT2D eigenvalue weighted by Crippen LogP contribution is -2.06.